The number of carbonyl (C=O) groups excluding carboxylic acids is 1. The molecule has 1 rings (SSSR count). The van der Waals surface area contributed by atoms with Gasteiger partial charge in [-0.25, -0.2) is 4.98 Å². The van der Waals surface area contributed by atoms with Gasteiger partial charge >= 0.3 is 0 Å². The second-order valence-electron chi connectivity index (χ2n) is 2.04. The van der Waals surface area contributed by atoms with Gasteiger partial charge < -0.3 is 4.74 Å². The molecule has 1 aromatic rings. The summed E-state index contributed by atoms with van der Waals surface area (Å²) in [5.41, 5.74) is 0. The summed E-state index contributed by atoms with van der Waals surface area (Å²) in [5.74, 6) is 0.572. The van der Waals surface area contributed by atoms with Crippen LogP contribution in [0.25, 0.3) is 5.76 Å². The molecule has 64 valence electrons. The van der Waals surface area contributed by atoms with Gasteiger partial charge in [0.25, 0.3) is 0 Å². The van der Waals surface area contributed by atoms with Gasteiger partial charge in [-0.1, -0.05) is 6.58 Å². The third-order valence-electron chi connectivity index (χ3n) is 1.22. The molecule has 0 aliphatic carbocycles. The van der Waals surface area contributed by atoms with Crippen LogP contribution >= 0.6 is 11.3 Å². The Kier molecular flexibility index (Phi) is 2.99. The fraction of sp³-hybridized carbons (Fsp3) is 0.250. The Hall–Kier alpha value is -1.16. The lowest BCUT2D eigenvalue weighted by molar-refractivity contribution is 0.112. The number of thiazole rings is 1. The first-order valence-corrected chi connectivity index (χ1v) is 4.32. The summed E-state index contributed by atoms with van der Waals surface area (Å²) in [7, 11) is 0. The zero-order valence-corrected chi connectivity index (χ0v) is 7.56. The van der Waals surface area contributed by atoms with E-state index in [4.69, 9.17) is 4.74 Å². The smallest absolute Gasteiger partial charge is 0.178 e. The lowest BCUT2D eigenvalue weighted by atomic mass is 10.5. The number of rotatable bonds is 4. The van der Waals surface area contributed by atoms with E-state index in [1.807, 2.05) is 6.92 Å². The van der Waals surface area contributed by atoms with E-state index in [2.05, 4.69) is 11.6 Å². The van der Waals surface area contributed by atoms with Crippen molar-refractivity contribution in [1.82, 2.24) is 4.98 Å². The molecule has 4 heteroatoms. The van der Waals surface area contributed by atoms with E-state index in [9.17, 15) is 4.79 Å². The lowest BCUT2D eigenvalue weighted by Gasteiger charge is -2.01. The van der Waals surface area contributed by atoms with Gasteiger partial charge in [0.15, 0.2) is 11.3 Å². The maximum Gasteiger partial charge on any atom is 0.178 e. The molecule has 0 fully saturated rings. The average molecular weight is 183 g/mol. The van der Waals surface area contributed by atoms with E-state index in [1.54, 1.807) is 6.20 Å². The van der Waals surface area contributed by atoms with Crippen molar-refractivity contribution in [3.63, 3.8) is 0 Å². The van der Waals surface area contributed by atoms with Gasteiger partial charge in [0.05, 0.1) is 11.5 Å². The van der Waals surface area contributed by atoms with Gasteiger partial charge in [0.2, 0.25) is 0 Å². The molecule has 0 atom stereocenters. The predicted molar refractivity (Wildman–Crippen MR) is 48.2 cm³/mol. The van der Waals surface area contributed by atoms with Gasteiger partial charge in [-0.05, 0) is 6.92 Å². The Morgan fingerprint density at radius 3 is 3.17 bits per heavy atom. The Labute approximate surface area is 74.7 Å². The SMILES string of the molecule is C=C(OCC)c1cnc(C=O)s1. The quantitative estimate of drug-likeness (QED) is 0.529. The summed E-state index contributed by atoms with van der Waals surface area (Å²) in [4.78, 5) is 14.9. The largest absolute Gasteiger partial charge is 0.493 e. The molecule has 0 amide bonds. The maximum absolute atomic E-state index is 10.3. The minimum atomic E-state index is 0.450. The molecular formula is C8H9NO2S. The maximum atomic E-state index is 10.3. The standard InChI is InChI=1S/C8H9NO2S/c1-3-11-6(2)7-4-9-8(5-10)12-7/h4-5H,2-3H2,1H3. The van der Waals surface area contributed by atoms with Crippen LogP contribution in [-0.2, 0) is 4.74 Å². The van der Waals surface area contributed by atoms with Crippen molar-refractivity contribution >= 4 is 23.4 Å². The molecule has 0 unspecified atom stereocenters. The summed E-state index contributed by atoms with van der Waals surface area (Å²) in [6.07, 6.45) is 2.31. The first kappa shape index (κ1) is 8.93. The first-order valence-electron chi connectivity index (χ1n) is 3.51. The van der Waals surface area contributed by atoms with Crippen molar-refractivity contribution in [1.29, 1.82) is 0 Å². The van der Waals surface area contributed by atoms with Crippen molar-refractivity contribution in [3.8, 4) is 0 Å². The summed E-state index contributed by atoms with van der Waals surface area (Å²) in [6.45, 7) is 6.15. The third-order valence-corrected chi connectivity index (χ3v) is 2.18. The minimum absolute atomic E-state index is 0.450. The number of hydrogen-bond acceptors (Lipinski definition) is 4. The van der Waals surface area contributed by atoms with Crippen molar-refractivity contribution in [2.75, 3.05) is 6.61 Å². The van der Waals surface area contributed by atoms with Crippen molar-refractivity contribution in [2.45, 2.75) is 6.92 Å². The van der Waals surface area contributed by atoms with Crippen LogP contribution in [0.4, 0.5) is 0 Å². The zero-order chi connectivity index (χ0) is 8.97. The predicted octanol–water partition coefficient (Wildman–Crippen LogP) is 1.96. The molecular weight excluding hydrogens is 174 g/mol. The number of hydrogen-bond donors (Lipinski definition) is 0. The lowest BCUT2D eigenvalue weighted by Crippen LogP contribution is -1.85. The van der Waals surface area contributed by atoms with Crippen LogP contribution in [0.5, 0.6) is 0 Å². The molecule has 0 N–H and O–H groups in total. The molecule has 0 aliphatic rings. The van der Waals surface area contributed by atoms with Crippen LogP contribution in [0.1, 0.15) is 21.6 Å². The molecule has 1 heterocycles. The molecule has 0 saturated carbocycles. The average Bonchev–Trinajstić information content (AvgIpc) is 2.52. The van der Waals surface area contributed by atoms with Crippen LogP contribution in [0.3, 0.4) is 0 Å². The topological polar surface area (TPSA) is 39.2 Å². The van der Waals surface area contributed by atoms with E-state index in [0.29, 0.717) is 23.7 Å². The number of aromatic nitrogens is 1. The van der Waals surface area contributed by atoms with Gasteiger partial charge in [-0.3, -0.25) is 4.79 Å². The molecule has 0 aliphatic heterocycles. The van der Waals surface area contributed by atoms with Gasteiger partial charge in [-0.15, -0.1) is 11.3 Å². The molecule has 0 spiro atoms. The highest BCUT2D eigenvalue weighted by molar-refractivity contribution is 7.14. The van der Waals surface area contributed by atoms with Crippen LogP contribution < -0.4 is 0 Å². The zero-order valence-electron chi connectivity index (χ0n) is 6.74. The second kappa shape index (κ2) is 4.01. The van der Waals surface area contributed by atoms with Crippen LogP contribution in [0.2, 0.25) is 0 Å². The second-order valence-corrected chi connectivity index (χ2v) is 3.10. The van der Waals surface area contributed by atoms with Gasteiger partial charge in [0.1, 0.15) is 5.76 Å². The summed E-state index contributed by atoms with van der Waals surface area (Å²) >= 11 is 1.28. The van der Waals surface area contributed by atoms with Gasteiger partial charge in [0, 0.05) is 6.20 Å². The summed E-state index contributed by atoms with van der Waals surface area (Å²) in [5, 5.41) is 0.450. The third kappa shape index (κ3) is 1.92. The number of nitrogens with zero attached hydrogens (tertiary/aromatic N) is 1. The summed E-state index contributed by atoms with van der Waals surface area (Å²) < 4.78 is 5.15. The van der Waals surface area contributed by atoms with E-state index >= 15 is 0 Å². The fourth-order valence-electron chi connectivity index (χ4n) is 0.716. The molecule has 0 saturated heterocycles. The van der Waals surface area contributed by atoms with Crippen molar-refractivity contribution in [3.05, 3.63) is 22.7 Å². The number of ether oxygens (including phenoxy) is 1. The molecule has 1 aromatic heterocycles. The van der Waals surface area contributed by atoms with Crippen LogP contribution in [0, 0.1) is 0 Å². The molecule has 3 nitrogen and oxygen atoms in total. The van der Waals surface area contributed by atoms with Crippen LogP contribution in [-0.4, -0.2) is 17.9 Å². The normalized spacial score (nSPS) is 9.42. The van der Waals surface area contributed by atoms with E-state index in [1.165, 1.54) is 11.3 Å². The van der Waals surface area contributed by atoms with E-state index in [0.717, 1.165) is 4.88 Å². The molecule has 12 heavy (non-hydrogen) atoms. The number of carbonyl (C=O) groups is 1. The highest BCUT2D eigenvalue weighted by Gasteiger charge is 2.04. The fourth-order valence-corrected chi connectivity index (χ4v) is 1.37. The molecule has 0 radical (unpaired) electrons. The molecule has 0 bridgehead atoms. The molecule has 0 aromatic carbocycles. The van der Waals surface area contributed by atoms with Crippen molar-refractivity contribution in [2.24, 2.45) is 0 Å². The Bertz CT molecular complexity index is 293. The van der Waals surface area contributed by atoms with Crippen molar-refractivity contribution < 1.29 is 9.53 Å². The Morgan fingerprint density at radius 2 is 2.67 bits per heavy atom. The monoisotopic (exact) mass is 183 g/mol. The number of aldehydes is 1. The highest BCUT2D eigenvalue weighted by atomic mass is 32.1. The Balaban J connectivity index is 2.74. The van der Waals surface area contributed by atoms with Crippen LogP contribution in [0.15, 0.2) is 12.8 Å². The van der Waals surface area contributed by atoms with E-state index in [-0.39, 0.29) is 0 Å². The summed E-state index contributed by atoms with van der Waals surface area (Å²) in [6, 6.07) is 0. The highest BCUT2D eigenvalue weighted by Crippen LogP contribution is 2.20. The Morgan fingerprint density at radius 1 is 1.92 bits per heavy atom. The minimum Gasteiger partial charge on any atom is -0.493 e. The van der Waals surface area contributed by atoms with Gasteiger partial charge in [-0.2, -0.15) is 0 Å². The van der Waals surface area contributed by atoms with E-state index < -0.39 is 0 Å². The first-order chi connectivity index (χ1) is 5.77.